The minimum absolute atomic E-state index is 0.313. The van der Waals surface area contributed by atoms with E-state index in [9.17, 15) is 0 Å². The summed E-state index contributed by atoms with van der Waals surface area (Å²) in [6.07, 6.45) is 5.06. The number of nitrogens with two attached hydrogens (primary N) is 1. The Morgan fingerprint density at radius 2 is 0.613 bits per heavy atom. The molecule has 2 N–H and O–H groups in total. The fraction of sp³-hybridized carbons (Fsp3) is 0.905. The quantitative estimate of drug-likeness (QED) is 0.132. The predicted octanol–water partition coefficient (Wildman–Crippen LogP) is -0.272. The van der Waals surface area contributed by atoms with E-state index in [2.05, 4.69) is 5.92 Å². The monoisotopic (exact) mass is 451 g/mol. The molecule has 0 heterocycles. The van der Waals surface area contributed by atoms with Crippen LogP contribution >= 0.6 is 0 Å². The second-order valence-electron chi connectivity index (χ2n) is 5.94. The summed E-state index contributed by atoms with van der Waals surface area (Å²) >= 11 is 0. The van der Waals surface area contributed by atoms with Gasteiger partial charge < -0.3 is 48.4 Å². The van der Waals surface area contributed by atoms with Crippen molar-refractivity contribution < 1.29 is 42.6 Å². The first kappa shape index (κ1) is 30.2. The Bertz CT molecular complexity index is 369. The summed E-state index contributed by atoms with van der Waals surface area (Å²) in [6, 6.07) is 0. The van der Waals surface area contributed by atoms with Crippen molar-refractivity contribution in [1.82, 2.24) is 0 Å². The van der Waals surface area contributed by atoms with Crippen LogP contribution in [0.5, 0.6) is 0 Å². The Hall–Kier alpha value is -0.840. The van der Waals surface area contributed by atoms with E-state index in [1.165, 1.54) is 0 Å². The van der Waals surface area contributed by atoms with Gasteiger partial charge in [-0.1, -0.05) is 5.92 Å². The van der Waals surface area contributed by atoms with Crippen LogP contribution in [0, 0.1) is 12.3 Å². The minimum atomic E-state index is 0.313. The van der Waals surface area contributed by atoms with Crippen molar-refractivity contribution in [3.05, 3.63) is 0 Å². The molecule has 0 unspecified atom stereocenters. The average molecular weight is 452 g/mol. The SMILES string of the molecule is C#CCOCCOCCOCCOCCOCCOCCOCCOCCOCCN. The molecule has 10 nitrogen and oxygen atoms in total. The molecule has 0 saturated heterocycles. The van der Waals surface area contributed by atoms with E-state index in [1.807, 2.05) is 0 Å². The number of hydrogen-bond acceptors (Lipinski definition) is 10. The zero-order valence-electron chi connectivity index (χ0n) is 18.8. The number of terminal acetylenes is 1. The summed E-state index contributed by atoms with van der Waals surface area (Å²) in [6.45, 7) is 9.81. The van der Waals surface area contributed by atoms with E-state index in [-0.39, 0.29) is 0 Å². The largest absolute Gasteiger partial charge is 0.378 e. The van der Waals surface area contributed by atoms with E-state index < -0.39 is 0 Å². The first-order chi connectivity index (χ1) is 15.4. The lowest BCUT2D eigenvalue weighted by atomic mass is 10.6. The topological polar surface area (TPSA) is 109 Å². The van der Waals surface area contributed by atoms with E-state index in [4.69, 9.17) is 54.8 Å². The predicted molar refractivity (Wildman–Crippen MR) is 115 cm³/mol. The van der Waals surface area contributed by atoms with Crippen LogP contribution in [-0.4, -0.2) is 125 Å². The summed E-state index contributed by atoms with van der Waals surface area (Å²) in [7, 11) is 0. The normalized spacial score (nSPS) is 11.1. The van der Waals surface area contributed by atoms with Crippen molar-refractivity contribution in [1.29, 1.82) is 0 Å². The van der Waals surface area contributed by atoms with Gasteiger partial charge in [-0.2, -0.15) is 0 Å². The number of hydrogen-bond donors (Lipinski definition) is 1. The maximum Gasteiger partial charge on any atom is 0.107 e. The maximum absolute atomic E-state index is 5.42. The molecule has 0 atom stereocenters. The van der Waals surface area contributed by atoms with Crippen molar-refractivity contribution in [2.45, 2.75) is 0 Å². The highest BCUT2D eigenvalue weighted by Crippen LogP contribution is 1.86. The molecule has 0 aliphatic heterocycles. The maximum atomic E-state index is 5.42. The summed E-state index contributed by atoms with van der Waals surface area (Å²) in [5.74, 6) is 2.39. The zero-order valence-corrected chi connectivity index (χ0v) is 18.8. The molecule has 0 bridgehead atoms. The van der Waals surface area contributed by atoms with Gasteiger partial charge >= 0.3 is 0 Å². The molecule has 184 valence electrons. The van der Waals surface area contributed by atoms with Gasteiger partial charge in [0.15, 0.2) is 0 Å². The molecule has 0 radical (unpaired) electrons. The molecule has 0 fully saturated rings. The lowest BCUT2D eigenvalue weighted by Gasteiger charge is -2.08. The Labute approximate surface area is 186 Å². The fourth-order valence-electron chi connectivity index (χ4n) is 1.97. The molecule has 0 aromatic carbocycles. The third-order valence-electron chi connectivity index (χ3n) is 3.42. The van der Waals surface area contributed by atoms with Gasteiger partial charge in [-0.05, 0) is 0 Å². The summed E-state index contributed by atoms with van der Waals surface area (Å²) in [5, 5.41) is 0. The average Bonchev–Trinajstić information content (AvgIpc) is 2.78. The Kier molecular flexibility index (Phi) is 28.4. The minimum Gasteiger partial charge on any atom is -0.378 e. The van der Waals surface area contributed by atoms with E-state index in [0.29, 0.717) is 125 Å². The second-order valence-corrected chi connectivity index (χ2v) is 5.94. The van der Waals surface area contributed by atoms with Gasteiger partial charge in [-0.15, -0.1) is 6.42 Å². The molecule has 31 heavy (non-hydrogen) atoms. The van der Waals surface area contributed by atoms with Gasteiger partial charge in [0.05, 0.1) is 112 Å². The third kappa shape index (κ3) is 29.2. The van der Waals surface area contributed by atoms with Crippen molar-refractivity contribution >= 4 is 0 Å². The highest BCUT2D eigenvalue weighted by molar-refractivity contribution is 4.82. The molecule has 0 spiro atoms. The molecule has 0 rings (SSSR count). The van der Waals surface area contributed by atoms with Crippen LogP contribution in [0.4, 0.5) is 0 Å². The Morgan fingerprint density at radius 3 is 0.839 bits per heavy atom. The van der Waals surface area contributed by atoms with E-state index in [1.54, 1.807) is 0 Å². The van der Waals surface area contributed by atoms with Crippen LogP contribution in [0.3, 0.4) is 0 Å². The third-order valence-corrected chi connectivity index (χ3v) is 3.42. The van der Waals surface area contributed by atoms with Gasteiger partial charge in [-0.25, -0.2) is 0 Å². The van der Waals surface area contributed by atoms with Gasteiger partial charge in [0.1, 0.15) is 6.61 Å². The zero-order chi connectivity index (χ0) is 22.5. The Morgan fingerprint density at radius 1 is 0.387 bits per heavy atom. The molecular formula is C21H41NO9. The van der Waals surface area contributed by atoms with Crippen molar-refractivity contribution in [2.75, 3.05) is 125 Å². The Balaban J connectivity index is 2.99. The molecule has 0 aliphatic carbocycles. The molecule has 0 aliphatic rings. The smallest absolute Gasteiger partial charge is 0.107 e. The van der Waals surface area contributed by atoms with Crippen LogP contribution in [0.15, 0.2) is 0 Å². The lowest BCUT2D eigenvalue weighted by molar-refractivity contribution is -0.0244. The van der Waals surface area contributed by atoms with Gasteiger partial charge in [0.2, 0.25) is 0 Å². The van der Waals surface area contributed by atoms with E-state index >= 15 is 0 Å². The van der Waals surface area contributed by atoms with Crippen LogP contribution in [-0.2, 0) is 42.6 Å². The first-order valence-electron chi connectivity index (χ1n) is 10.7. The molecule has 10 heteroatoms. The highest BCUT2D eigenvalue weighted by Gasteiger charge is 1.95. The van der Waals surface area contributed by atoms with Crippen LogP contribution in [0.1, 0.15) is 0 Å². The van der Waals surface area contributed by atoms with Crippen LogP contribution in [0.25, 0.3) is 0 Å². The van der Waals surface area contributed by atoms with Crippen molar-refractivity contribution in [3.63, 3.8) is 0 Å². The van der Waals surface area contributed by atoms with E-state index in [0.717, 1.165) is 0 Å². The first-order valence-corrected chi connectivity index (χ1v) is 10.7. The molecule has 0 aromatic rings. The van der Waals surface area contributed by atoms with Crippen LogP contribution < -0.4 is 5.73 Å². The van der Waals surface area contributed by atoms with Gasteiger partial charge in [-0.3, -0.25) is 0 Å². The van der Waals surface area contributed by atoms with Gasteiger partial charge in [0.25, 0.3) is 0 Å². The van der Waals surface area contributed by atoms with Gasteiger partial charge in [0, 0.05) is 6.54 Å². The molecule has 0 aromatic heterocycles. The molecular weight excluding hydrogens is 410 g/mol. The van der Waals surface area contributed by atoms with Crippen molar-refractivity contribution in [3.8, 4) is 12.3 Å². The fourth-order valence-corrected chi connectivity index (χ4v) is 1.97. The summed E-state index contributed by atoms with van der Waals surface area (Å²) in [5.41, 5.74) is 5.31. The standard InChI is InChI=1S/C21H41NO9/c1-2-4-23-6-8-25-10-12-27-14-16-29-18-20-31-21-19-30-17-15-28-13-11-26-9-7-24-5-3-22/h1H,3-22H2. The lowest BCUT2D eigenvalue weighted by Crippen LogP contribution is -2.15. The number of ether oxygens (including phenoxy) is 9. The van der Waals surface area contributed by atoms with Crippen LogP contribution in [0.2, 0.25) is 0 Å². The summed E-state index contributed by atoms with van der Waals surface area (Å²) in [4.78, 5) is 0. The molecule has 0 amide bonds. The highest BCUT2D eigenvalue weighted by atomic mass is 16.6. The second kappa shape index (κ2) is 29.2. The molecule has 0 saturated carbocycles. The summed E-state index contributed by atoms with van der Waals surface area (Å²) < 4.78 is 47.9. The number of rotatable bonds is 27. The van der Waals surface area contributed by atoms with Crippen molar-refractivity contribution in [2.24, 2.45) is 5.73 Å².